The summed E-state index contributed by atoms with van der Waals surface area (Å²) in [5.41, 5.74) is 0. The summed E-state index contributed by atoms with van der Waals surface area (Å²) in [7, 11) is 1.79. The summed E-state index contributed by atoms with van der Waals surface area (Å²) in [6, 6.07) is 8.50. The number of pyridine rings is 1. The second kappa shape index (κ2) is 13.0. The van der Waals surface area contributed by atoms with Crippen LogP contribution in [0.4, 0.5) is 0 Å². The molecular weight excluding hydrogens is 501 g/mol. The lowest BCUT2D eigenvalue weighted by Gasteiger charge is -2.34. The van der Waals surface area contributed by atoms with E-state index in [2.05, 4.69) is 44.6 Å². The number of hydrogen-bond donors (Lipinski definition) is 2. The number of nitrogens with one attached hydrogen (secondary N) is 2. The Morgan fingerprint density at radius 1 is 1.31 bits per heavy atom. The summed E-state index contributed by atoms with van der Waals surface area (Å²) in [5.74, 6) is 1.55. The van der Waals surface area contributed by atoms with Crippen molar-refractivity contribution >= 4 is 41.3 Å². The molecule has 0 amide bonds. The first kappa shape index (κ1) is 23.8. The number of halogens is 1. The fourth-order valence-corrected chi connectivity index (χ4v) is 4.13. The molecule has 0 aliphatic carbocycles. The molecule has 1 atom stereocenters. The van der Waals surface area contributed by atoms with E-state index in [9.17, 15) is 0 Å². The summed E-state index contributed by atoms with van der Waals surface area (Å²) < 4.78 is 11.2. The Labute approximate surface area is 193 Å². The van der Waals surface area contributed by atoms with Gasteiger partial charge >= 0.3 is 0 Å². The fourth-order valence-electron chi connectivity index (χ4n) is 3.12. The maximum atomic E-state index is 5.67. The van der Waals surface area contributed by atoms with Gasteiger partial charge in [0.15, 0.2) is 5.96 Å². The van der Waals surface area contributed by atoms with Crippen LogP contribution < -0.4 is 15.4 Å². The van der Waals surface area contributed by atoms with E-state index < -0.39 is 0 Å². The molecule has 7 nitrogen and oxygen atoms in total. The molecular formula is C20H30IN5O2S. The molecule has 0 bridgehead atoms. The number of hydrogen-bond acceptors (Lipinski definition) is 6. The van der Waals surface area contributed by atoms with Crippen LogP contribution in [0.2, 0.25) is 0 Å². The number of ether oxygens (including phenoxy) is 2. The van der Waals surface area contributed by atoms with Crippen molar-refractivity contribution < 1.29 is 9.47 Å². The van der Waals surface area contributed by atoms with Gasteiger partial charge in [-0.15, -0.1) is 35.3 Å². The zero-order chi connectivity index (χ0) is 19.6. The number of aryl methyl sites for hydroxylation is 1. The zero-order valence-corrected chi connectivity index (χ0v) is 20.1. The van der Waals surface area contributed by atoms with Crippen LogP contribution in [0.1, 0.15) is 15.8 Å². The van der Waals surface area contributed by atoms with Gasteiger partial charge in [-0.25, -0.2) is 0 Å². The lowest BCUT2D eigenvalue weighted by Crippen LogP contribution is -2.46. The van der Waals surface area contributed by atoms with Crippen LogP contribution in [0.15, 0.2) is 41.7 Å². The van der Waals surface area contributed by atoms with Gasteiger partial charge in [0.05, 0.1) is 32.0 Å². The minimum absolute atomic E-state index is 0. The largest absolute Gasteiger partial charge is 0.490 e. The molecule has 2 N–H and O–H groups in total. The van der Waals surface area contributed by atoms with E-state index >= 15 is 0 Å². The van der Waals surface area contributed by atoms with Gasteiger partial charge in [-0.1, -0.05) is 0 Å². The Morgan fingerprint density at radius 2 is 2.14 bits per heavy atom. The first-order valence-corrected chi connectivity index (χ1v) is 10.4. The van der Waals surface area contributed by atoms with Crippen molar-refractivity contribution in [2.24, 2.45) is 4.99 Å². The van der Waals surface area contributed by atoms with Gasteiger partial charge in [0.2, 0.25) is 0 Å². The summed E-state index contributed by atoms with van der Waals surface area (Å²) in [5, 5.41) is 6.78. The molecule has 0 aromatic carbocycles. The number of thiophene rings is 1. The predicted molar refractivity (Wildman–Crippen MR) is 129 cm³/mol. The van der Waals surface area contributed by atoms with E-state index in [1.807, 2.05) is 23.5 Å². The third-order valence-electron chi connectivity index (χ3n) is 4.56. The average Bonchev–Trinajstić information content (AvgIpc) is 3.17. The zero-order valence-electron chi connectivity index (χ0n) is 17.0. The quantitative estimate of drug-likeness (QED) is 0.236. The maximum absolute atomic E-state index is 5.67. The minimum atomic E-state index is 0. The smallest absolute Gasteiger partial charge is 0.191 e. The number of aliphatic imine (C=N–C) groups is 1. The molecule has 0 saturated carbocycles. The standard InChI is InChI=1S/C20H29N5O2S.HI/c1-16-5-6-19(28-16)18(25-9-12-26-13-10-25)15-24-20(21-2)23-8-11-27-17-4-3-7-22-14-17;/h3-7,14,18H,8-13,15H2,1-2H3,(H2,21,23,24);1H. The molecule has 3 heterocycles. The topological polar surface area (TPSA) is 71.0 Å². The van der Waals surface area contributed by atoms with E-state index in [-0.39, 0.29) is 24.0 Å². The van der Waals surface area contributed by atoms with E-state index in [1.165, 1.54) is 9.75 Å². The van der Waals surface area contributed by atoms with E-state index in [4.69, 9.17) is 9.47 Å². The Bertz CT molecular complexity index is 737. The monoisotopic (exact) mass is 531 g/mol. The Morgan fingerprint density at radius 3 is 2.79 bits per heavy atom. The SMILES string of the molecule is CN=C(NCCOc1cccnc1)NCC(c1ccc(C)s1)N1CCOCC1.I. The minimum Gasteiger partial charge on any atom is -0.490 e. The lowest BCUT2D eigenvalue weighted by molar-refractivity contribution is 0.0177. The molecule has 1 saturated heterocycles. The molecule has 2 aromatic heterocycles. The molecule has 1 aliphatic rings. The summed E-state index contributed by atoms with van der Waals surface area (Å²) >= 11 is 1.86. The highest BCUT2D eigenvalue weighted by Crippen LogP contribution is 2.27. The summed E-state index contributed by atoms with van der Waals surface area (Å²) in [4.78, 5) is 13.6. The van der Waals surface area contributed by atoms with Crippen molar-refractivity contribution in [3.8, 4) is 5.75 Å². The van der Waals surface area contributed by atoms with Crippen molar-refractivity contribution in [3.63, 3.8) is 0 Å². The van der Waals surface area contributed by atoms with Crippen LogP contribution in [0, 0.1) is 6.92 Å². The van der Waals surface area contributed by atoms with Crippen LogP contribution in [0.5, 0.6) is 5.75 Å². The van der Waals surface area contributed by atoms with Gasteiger partial charge in [0.25, 0.3) is 0 Å². The Balaban J connectivity index is 0.00000300. The van der Waals surface area contributed by atoms with Crippen molar-refractivity contribution in [3.05, 3.63) is 46.4 Å². The molecule has 1 unspecified atom stereocenters. The highest BCUT2D eigenvalue weighted by Gasteiger charge is 2.24. The predicted octanol–water partition coefficient (Wildman–Crippen LogP) is 2.69. The van der Waals surface area contributed by atoms with Gasteiger partial charge < -0.3 is 20.1 Å². The third-order valence-corrected chi connectivity index (χ3v) is 5.66. The van der Waals surface area contributed by atoms with Gasteiger partial charge in [-0.3, -0.25) is 14.9 Å². The second-order valence-electron chi connectivity index (χ2n) is 6.53. The van der Waals surface area contributed by atoms with Crippen molar-refractivity contribution in [1.82, 2.24) is 20.5 Å². The van der Waals surface area contributed by atoms with Gasteiger partial charge in [-0.2, -0.15) is 0 Å². The fraction of sp³-hybridized carbons (Fsp3) is 0.500. The van der Waals surface area contributed by atoms with Crippen molar-refractivity contribution in [2.75, 3.05) is 53.0 Å². The lowest BCUT2D eigenvalue weighted by atomic mass is 10.2. The molecule has 160 valence electrons. The number of guanidine groups is 1. The van der Waals surface area contributed by atoms with E-state index in [0.717, 1.165) is 44.6 Å². The van der Waals surface area contributed by atoms with Crippen LogP contribution in [0.3, 0.4) is 0 Å². The van der Waals surface area contributed by atoms with Crippen LogP contribution in [-0.4, -0.2) is 68.9 Å². The first-order chi connectivity index (χ1) is 13.8. The highest BCUT2D eigenvalue weighted by molar-refractivity contribution is 14.0. The maximum Gasteiger partial charge on any atom is 0.191 e. The summed E-state index contributed by atoms with van der Waals surface area (Å²) in [6.07, 6.45) is 3.44. The number of rotatable bonds is 8. The Hall–Kier alpha value is -1.43. The highest BCUT2D eigenvalue weighted by atomic mass is 127. The average molecular weight is 531 g/mol. The van der Waals surface area contributed by atoms with Gasteiger partial charge in [0, 0.05) is 42.6 Å². The van der Waals surface area contributed by atoms with Crippen LogP contribution in [-0.2, 0) is 4.74 Å². The molecule has 1 fully saturated rings. The number of nitrogens with zero attached hydrogens (tertiary/aromatic N) is 3. The normalized spacial score (nSPS) is 16.0. The van der Waals surface area contributed by atoms with Crippen LogP contribution >= 0.6 is 35.3 Å². The van der Waals surface area contributed by atoms with Crippen LogP contribution in [0.25, 0.3) is 0 Å². The van der Waals surface area contributed by atoms with Crippen molar-refractivity contribution in [2.45, 2.75) is 13.0 Å². The first-order valence-electron chi connectivity index (χ1n) is 9.62. The molecule has 2 aromatic rings. The molecule has 1 aliphatic heterocycles. The number of aromatic nitrogens is 1. The molecule has 0 spiro atoms. The second-order valence-corrected chi connectivity index (χ2v) is 7.85. The van der Waals surface area contributed by atoms with Gasteiger partial charge in [0.1, 0.15) is 12.4 Å². The Kier molecular flexibility index (Phi) is 10.7. The molecule has 0 radical (unpaired) electrons. The number of morpholine rings is 1. The van der Waals surface area contributed by atoms with Crippen molar-refractivity contribution in [1.29, 1.82) is 0 Å². The van der Waals surface area contributed by atoms with E-state index in [0.29, 0.717) is 19.2 Å². The van der Waals surface area contributed by atoms with Gasteiger partial charge in [-0.05, 0) is 31.2 Å². The van der Waals surface area contributed by atoms with E-state index in [1.54, 1.807) is 19.4 Å². The summed E-state index contributed by atoms with van der Waals surface area (Å²) in [6.45, 7) is 7.64. The third kappa shape index (κ3) is 7.72. The molecule has 29 heavy (non-hydrogen) atoms. The molecule has 9 heteroatoms. The molecule has 3 rings (SSSR count).